The molecule has 1 saturated heterocycles. The molecule has 0 aromatic carbocycles. The summed E-state index contributed by atoms with van der Waals surface area (Å²) in [6, 6.07) is 0.404. The Morgan fingerprint density at radius 1 is 1.43 bits per heavy atom. The number of carbonyl (C=O) groups excluding carboxylic acids is 1. The summed E-state index contributed by atoms with van der Waals surface area (Å²) in [6.07, 6.45) is 3.08. The van der Waals surface area contributed by atoms with Gasteiger partial charge in [-0.15, -0.1) is 0 Å². The molecule has 21 heavy (non-hydrogen) atoms. The summed E-state index contributed by atoms with van der Waals surface area (Å²) >= 11 is 9.66. The summed E-state index contributed by atoms with van der Waals surface area (Å²) in [7, 11) is 0. The van der Waals surface area contributed by atoms with Crippen LogP contribution in [0.15, 0.2) is 0 Å². The zero-order chi connectivity index (χ0) is 16.5. The van der Waals surface area contributed by atoms with Crippen molar-refractivity contribution in [2.75, 3.05) is 18.8 Å². The number of amides is 1. The molecule has 0 radical (unpaired) electrons. The minimum Gasteiger partial charge on any atom is -0.444 e. The Hall–Kier alpha value is -0.490. The number of likely N-dealkylation sites (tertiary alicyclic amines) is 1. The van der Waals surface area contributed by atoms with Crippen LogP contribution in [0.2, 0.25) is 0 Å². The van der Waals surface area contributed by atoms with Gasteiger partial charge in [0.05, 0.1) is 11.5 Å². The van der Waals surface area contributed by atoms with Crippen LogP contribution < -0.4 is 5.32 Å². The van der Waals surface area contributed by atoms with Crippen molar-refractivity contribution in [2.24, 2.45) is 0 Å². The van der Waals surface area contributed by atoms with Crippen LogP contribution in [0.1, 0.15) is 53.9 Å². The molecule has 1 N–H and O–H groups in total. The maximum atomic E-state index is 11.5. The number of nitrogens with zero attached hydrogens (tertiary/aromatic N) is 1. The highest BCUT2D eigenvalue weighted by molar-refractivity contribution is 7.80. The van der Waals surface area contributed by atoms with Crippen molar-refractivity contribution in [1.29, 1.82) is 0 Å². The van der Waals surface area contributed by atoms with Gasteiger partial charge in [0.2, 0.25) is 0 Å². The lowest BCUT2D eigenvalue weighted by molar-refractivity contribution is 0.0535. The van der Waals surface area contributed by atoms with Crippen LogP contribution in [0, 0.1) is 0 Å². The van der Waals surface area contributed by atoms with Gasteiger partial charge in [-0.25, -0.2) is 4.79 Å². The Morgan fingerprint density at radius 3 is 2.48 bits per heavy atom. The lowest BCUT2D eigenvalue weighted by atomic mass is 10.2. The lowest BCUT2D eigenvalue weighted by Gasteiger charge is -2.26. The van der Waals surface area contributed by atoms with Gasteiger partial charge in [0.25, 0.3) is 0 Å². The average Bonchev–Trinajstić information content (AvgIpc) is 2.83. The van der Waals surface area contributed by atoms with Crippen LogP contribution in [-0.2, 0) is 4.74 Å². The van der Waals surface area contributed by atoms with Crippen molar-refractivity contribution in [1.82, 2.24) is 10.2 Å². The van der Waals surface area contributed by atoms with Crippen molar-refractivity contribution in [2.45, 2.75) is 65.5 Å². The molecule has 0 saturated carbocycles. The van der Waals surface area contributed by atoms with Crippen molar-refractivity contribution < 1.29 is 9.53 Å². The third-order valence-electron chi connectivity index (χ3n) is 2.69. The summed E-state index contributed by atoms with van der Waals surface area (Å²) < 4.78 is 5.16. The van der Waals surface area contributed by atoms with E-state index in [1.165, 1.54) is 6.42 Å². The Kier molecular flexibility index (Phi) is 10.0. The Morgan fingerprint density at radius 2 is 2.00 bits per heavy atom. The van der Waals surface area contributed by atoms with Gasteiger partial charge in [0.1, 0.15) is 5.60 Å². The van der Waals surface area contributed by atoms with E-state index in [-0.39, 0.29) is 0 Å². The van der Waals surface area contributed by atoms with Crippen molar-refractivity contribution in [3.63, 3.8) is 0 Å². The van der Waals surface area contributed by atoms with E-state index in [2.05, 4.69) is 36.7 Å². The van der Waals surface area contributed by atoms with E-state index in [9.17, 15) is 4.79 Å². The second kappa shape index (κ2) is 10.3. The zero-order valence-electron chi connectivity index (χ0n) is 13.9. The van der Waals surface area contributed by atoms with Gasteiger partial charge in [-0.1, -0.05) is 32.5 Å². The minimum atomic E-state index is -0.479. The number of thiol groups is 1. The number of nitrogens with one attached hydrogen (secondary N) is 1. The van der Waals surface area contributed by atoms with Gasteiger partial charge in [-0.3, -0.25) is 0 Å². The molecule has 4 nitrogen and oxygen atoms in total. The maximum Gasteiger partial charge on any atom is 0.408 e. The number of hydrogen-bond acceptors (Lipinski definition) is 4. The molecule has 0 spiro atoms. The van der Waals surface area contributed by atoms with Gasteiger partial charge < -0.3 is 15.0 Å². The fraction of sp³-hybridized carbons (Fsp3) is 0.867. The normalized spacial score (nSPS) is 17.8. The maximum absolute atomic E-state index is 11.5. The molecule has 0 bridgehead atoms. The summed E-state index contributed by atoms with van der Waals surface area (Å²) in [5.74, 6) is 0.798. The summed E-state index contributed by atoms with van der Waals surface area (Å²) in [5.41, 5.74) is -0.479. The second-order valence-corrected chi connectivity index (χ2v) is 6.96. The van der Waals surface area contributed by atoms with Gasteiger partial charge in [0, 0.05) is 18.3 Å². The van der Waals surface area contributed by atoms with E-state index in [0.717, 1.165) is 30.1 Å². The monoisotopic (exact) mass is 334 g/mol. The number of thiocarbonyl (C=S) groups is 1. The zero-order valence-corrected chi connectivity index (χ0v) is 15.7. The third-order valence-corrected chi connectivity index (χ3v) is 3.49. The minimum absolute atomic E-state index is 0.356. The van der Waals surface area contributed by atoms with Gasteiger partial charge in [-0.05, 0) is 33.6 Å². The van der Waals surface area contributed by atoms with E-state index in [4.69, 9.17) is 17.0 Å². The molecule has 1 rings (SSSR count). The Bertz CT molecular complexity index is 330. The molecule has 1 aliphatic heterocycles. The van der Waals surface area contributed by atoms with Crippen LogP contribution in [0.25, 0.3) is 0 Å². The Balaban J connectivity index is 0.00000122. The number of alkyl carbamates (subject to hydrolysis) is 1. The van der Waals surface area contributed by atoms with Crippen LogP contribution >= 0.6 is 24.8 Å². The van der Waals surface area contributed by atoms with Crippen molar-refractivity contribution in [3.8, 4) is 0 Å². The second-order valence-electron chi connectivity index (χ2n) is 6.13. The molecule has 0 aliphatic carbocycles. The largest absolute Gasteiger partial charge is 0.444 e. The van der Waals surface area contributed by atoms with Crippen LogP contribution in [0.3, 0.4) is 0 Å². The lowest BCUT2D eigenvalue weighted by Crippen LogP contribution is -2.43. The predicted molar refractivity (Wildman–Crippen MR) is 96.4 cm³/mol. The molecule has 6 heteroatoms. The smallest absolute Gasteiger partial charge is 0.408 e. The molecule has 1 heterocycles. The molecule has 1 unspecified atom stereocenters. The predicted octanol–water partition coefficient (Wildman–Crippen LogP) is 3.65. The highest BCUT2D eigenvalue weighted by Gasteiger charge is 2.25. The molecule has 1 fully saturated rings. The molecule has 1 aliphatic rings. The number of carbonyl (C=O) groups is 1. The molecular formula is C15H30N2O2S2. The van der Waals surface area contributed by atoms with E-state index < -0.39 is 11.7 Å². The first-order valence-corrected chi connectivity index (χ1v) is 8.66. The molecule has 0 aromatic rings. The number of rotatable bonds is 3. The van der Waals surface area contributed by atoms with Crippen LogP contribution in [0.5, 0.6) is 0 Å². The fourth-order valence-corrected chi connectivity index (χ4v) is 2.61. The van der Waals surface area contributed by atoms with E-state index in [1.54, 1.807) is 0 Å². The van der Waals surface area contributed by atoms with Gasteiger partial charge >= 0.3 is 6.09 Å². The first-order valence-electron chi connectivity index (χ1n) is 7.62. The highest BCUT2D eigenvalue weighted by atomic mass is 32.1. The van der Waals surface area contributed by atoms with Crippen LogP contribution in [0.4, 0.5) is 4.79 Å². The summed E-state index contributed by atoms with van der Waals surface area (Å²) in [5, 5.41) is 2.69. The topological polar surface area (TPSA) is 41.6 Å². The van der Waals surface area contributed by atoms with E-state index in [0.29, 0.717) is 12.6 Å². The molecule has 124 valence electrons. The number of hydrogen-bond donors (Lipinski definition) is 2. The summed E-state index contributed by atoms with van der Waals surface area (Å²) in [4.78, 5) is 14.4. The first-order chi connectivity index (χ1) is 9.75. The summed E-state index contributed by atoms with van der Waals surface area (Å²) in [6.45, 7) is 11.1. The van der Waals surface area contributed by atoms with E-state index in [1.807, 2.05) is 20.8 Å². The Labute approximate surface area is 140 Å². The van der Waals surface area contributed by atoms with Gasteiger partial charge in [-0.2, -0.15) is 12.6 Å². The molecule has 1 atom stereocenters. The van der Waals surface area contributed by atoms with Crippen molar-refractivity contribution in [3.05, 3.63) is 0 Å². The molecule has 1 amide bonds. The number of ether oxygens (including phenoxy) is 1. The highest BCUT2D eigenvalue weighted by Crippen LogP contribution is 2.18. The average molecular weight is 335 g/mol. The third kappa shape index (κ3) is 9.19. The van der Waals surface area contributed by atoms with E-state index >= 15 is 0 Å². The van der Waals surface area contributed by atoms with Gasteiger partial charge in [0.15, 0.2) is 0 Å². The van der Waals surface area contributed by atoms with Crippen molar-refractivity contribution >= 4 is 35.9 Å². The standard InChI is InChI=1S/C12H22N2O2S2.C3H8/c1-12(2,3)16-11(15)13-7-10(18)14-6-4-5-9(14)8-17;1-3-2/h9,17H,4-8H2,1-3H3,(H,13,15);3H2,1-2H3. The fourth-order valence-electron chi connectivity index (χ4n) is 1.92. The molecule has 0 aromatic heterocycles. The van der Waals surface area contributed by atoms with Crippen LogP contribution in [-0.4, -0.2) is 46.5 Å². The SMILES string of the molecule is CC(C)(C)OC(=O)NCC(=S)N1CCCC1CS.CCC. The quantitative estimate of drug-likeness (QED) is 0.611. The molecular weight excluding hydrogens is 304 g/mol. The first kappa shape index (κ1) is 20.5.